The van der Waals surface area contributed by atoms with Crippen LogP contribution in [-0.2, 0) is 17.1 Å². The van der Waals surface area contributed by atoms with Crippen molar-refractivity contribution >= 4 is 17.6 Å². The number of halogens is 9. The fourth-order valence-electron chi connectivity index (χ4n) is 5.34. The Morgan fingerprint density at radius 3 is 2.14 bits per heavy atom. The van der Waals surface area contributed by atoms with Crippen molar-refractivity contribution in [2.24, 2.45) is 0 Å². The number of ether oxygens (including phenoxy) is 2. The van der Waals surface area contributed by atoms with E-state index in [9.17, 15) is 49.1 Å². The van der Waals surface area contributed by atoms with Gasteiger partial charge in [-0.1, -0.05) is 0 Å². The van der Waals surface area contributed by atoms with Gasteiger partial charge in [-0.2, -0.15) is 39.5 Å². The molecule has 2 aliphatic rings. The first-order chi connectivity index (χ1) is 20.4. The molecule has 6 nitrogen and oxygen atoms in total. The Morgan fingerprint density at radius 2 is 1.57 bits per heavy atom. The highest BCUT2D eigenvalue weighted by Crippen LogP contribution is 2.43. The zero-order valence-corrected chi connectivity index (χ0v) is 23.3. The van der Waals surface area contributed by atoms with Gasteiger partial charge in [0.05, 0.1) is 24.3 Å². The SMILES string of the molecule is COc1ccc(C(=O)NCC(F)(F)F)cc1C1=C(CN2C(=O)OC(c3cc(C(F)(F)F)cc(C(F)(F)F)c3)C2C)CCCC1. The molecule has 2 unspecified atom stereocenters. The molecule has 0 radical (unpaired) electrons. The summed E-state index contributed by atoms with van der Waals surface area (Å²) in [6, 6.07) is 4.17. The van der Waals surface area contributed by atoms with Gasteiger partial charge < -0.3 is 14.8 Å². The molecule has 1 heterocycles. The van der Waals surface area contributed by atoms with Crippen LogP contribution >= 0.6 is 0 Å². The molecule has 0 aromatic heterocycles. The lowest BCUT2D eigenvalue weighted by molar-refractivity contribution is -0.143. The van der Waals surface area contributed by atoms with Gasteiger partial charge in [-0.25, -0.2) is 4.79 Å². The molecule has 44 heavy (non-hydrogen) atoms. The molecule has 4 rings (SSSR count). The summed E-state index contributed by atoms with van der Waals surface area (Å²) in [5.41, 5.74) is -1.87. The van der Waals surface area contributed by atoms with Crippen molar-refractivity contribution in [2.45, 2.75) is 63.3 Å². The number of hydrogen-bond acceptors (Lipinski definition) is 4. The van der Waals surface area contributed by atoms with Gasteiger partial charge >= 0.3 is 24.6 Å². The van der Waals surface area contributed by atoms with Crippen LogP contribution in [0.2, 0.25) is 0 Å². The van der Waals surface area contributed by atoms with Crippen molar-refractivity contribution in [1.29, 1.82) is 0 Å². The van der Waals surface area contributed by atoms with E-state index in [1.54, 1.807) is 5.32 Å². The fourth-order valence-corrected chi connectivity index (χ4v) is 5.34. The second kappa shape index (κ2) is 12.2. The second-order valence-corrected chi connectivity index (χ2v) is 10.5. The van der Waals surface area contributed by atoms with E-state index < -0.39 is 65.9 Å². The third-order valence-electron chi connectivity index (χ3n) is 7.51. The number of cyclic esters (lactones) is 1. The van der Waals surface area contributed by atoms with Gasteiger partial charge in [0.15, 0.2) is 0 Å². The number of amides is 2. The molecule has 2 aromatic carbocycles. The van der Waals surface area contributed by atoms with E-state index in [1.165, 1.54) is 37.1 Å². The van der Waals surface area contributed by atoms with Crippen LogP contribution in [0.4, 0.5) is 44.3 Å². The van der Waals surface area contributed by atoms with Gasteiger partial charge in [0.1, 0.15) is 18.4 Å². The maximum atomic E-state index is 13.4. The highest BCUT2D eigenvalue weighted by atomic mass is 19.4. The van der Waals surface area contributed by atoms with E-state index in [-0.39, 0.29) is 18.2 Å². The van der Waals surface area contributed by atoms with Crippen molar-refractivity contribution in [1.82, 2.24) is 10.2 Å². The van der Waals surface area contributed by atoms with Crippen molar-refractivity contribution in [3.63, 3.8) is 0 Å². The van der Waals surface area contributed by atoms with Crippen molar-refractivity contribution in [3.05, 3.63) is 69.8 Å². The van der Waals surface area contributed by atoms with E-state index >= 15 is 0 Å². The number of nitrogens with one attached hydrogen (secondary N) is 1. The maximum Gasteiger partial charge on any atom is 0.416 e. The summed E-state index contributed by atoms with van der Waals surface area (Å²) >= 11 is 0. The maximum absolute atomic E-state index is 13.4. The highest BCUT2D eigenvalue weighted by Gasteiger charge is 2.43. The van der Waals surface area contributed by atoms with Crippen molar-refractivity contribution in [2.75, 3.05) is 20.2 Å². The lowest BCUT2D eigenvalue weighted by Gasteiger charge is -2.28. The summed E-state index contributed by atoms with van der Waals surface area (Å²) in [6.45, 7) is -0.184. The summed E-state index contributed by atoms with van der Waals surface area (Å²) in [7, 11) is 1.36. The van der Waals surface area contributed by atoms with Crippen LogP contribution < -0.4 is 10.1 Å². The molecular weight excluding hydrogens is 611 g/mol. The van der Waals surface area contributed by atoms with Crippen LogP contribution in [0.15, 0.2) is 42.0 Å². The molecule has 1 aliphatic heterocycles. The lowest BCUT2D eigenvalue weighted by Crippen LogP contribution is -2.34. The number of methoxy groups -OCH3 is 1. The monoisotopic (exact) mass is 638 g/mol. The minimum absolute atomic E-state index is 0.00722. The second-order valence-electron chi connectivity index (χ2n) is 10.5. The molecule has 240 valence electrons. The molecule has 0 spiro atoms. The van der Waals surface area contributed by atoms with Crippen LogP contribution in [0.1, 0.15) is 71.3 Å². The van der Waals surface area contributed by atoms with Crippen LogP contribution in [0, 0.1) is 0 Å². The normalized spacial score (nSPS) is 19.7. The van der Waals surface area contributed by atoms with Gasteiger partial charge in [-0.3, -0.25) is 9.69 Å². The Balaban J connectivity index is 1.67. The van der Waals surface area contributed by atoms with Gasteiger partial charge in [0, 0.05) is 17.7 Å². The molecule has 15 heteroatoms. The predicted molar refractivity (Wildman–Crippen MR) is 139 cm³/mol. The number of alkyl halides is 9. The first kappa shape index (κ1) is 33.0. The minimum Gasteiger partial charge on any atom is -0.496 e. The van der Waals surface area contributed by atoms with E-state index in [0.29, 0.717) is 60.3 Å². The highest BCUT2D eigenvalue weighted by molar-refractivity contribution is 5.95. The number of hydrogen-bond donors (Lipinski definition) is 1. The molecule has 0 saturated carbocycles. The standard InChI is InChI=1S/C29H27F9N2O4/c1-15-24(18-9-19(28(33,34)35)12-20(10-18)29(36,37)38)44-26(42)40(15)13-17-5-3-4-6-21(17)22-11-16(7-8-23(22)43-2)25(41)39-14-27(30,31)32/h7-12,15,24H,3-6,13-14H2,1-2H3,(H,39,41). The molecule has 1 N–H and O–H groups in total. The number of allylic oxidation sites excluding steroid dienone is 1. The first-order valence-electron chi connectivity index (χ1n) is 13.4. The molecular formula is C29H27F9N2O4. The molecule has 1 saturated heterocycles. The number of rotatable bonds is 7. The first-order valence-corrected chi connectivity index (χ1v) is 13.4. The fraction of sp³-hybridized carbons (Fsp3) is 0.448. The Bertz CT molecular complexity index is 1420. The van der Waals surface area contributed by atoms with Gasteiger partial charge in [-0.15, -0.1) is 0 Å². The average Bonchev–Trinajstić information content (AvgIpc) is 3.22. The summed E-state index contributed by atoms with van der Waals surface area (Å²) < 4.78 is 129. The lowest BCUT2D eigenvalue weighted by atomic mass is 9.85. The van der Waals surface area contributed by atoms with E-state index in [0.717, 1.165) is 0 Å². The Hall–Kier alpha value is -3.91. The van der Waals surface area contributed by atoms with Crippen LogP contribution in [-0.4, -0.2) is 49.3 Å². The average molecular weight is 639 g/mol. The van der Waals surface area contributed by atoms with Crippen LogP contribution in [0.25, 0.3) is 5.57 Å². The summed E-state index contributed by atoms with van der Waals surface area (Å²) in [6.07, 6.45) is -14.9. The molecule has 1 aliphatic carbocycles. The Labute approximate surface area is 245 Å². The molecule has 2 amide bonds. The van der Waals surface area contributed by atoms with Gasteiger partial charge in [-0.05, 0) is 85.7 Å². The summed E-state index contributed by atoms with van der Waals surface area (Å²) in [4.78, 5) is 26.6. The Morgan fingerprint density at radius 1 is 0.955 bits per heavy atom. The minimum atomic E-state index is -5.08. The van der Waals surface area contributed by atoms with E-state index in [4.69, 9.17) is 9.47 Å². The molecule has 0 bridgehead atoms. The number of carbonyl (C=O) groups excluding carboxylic acids is 2. The Kier molecular flexibility index (Phi) is 9.17. The number of nitrogens with zero attached hydrogens (tertiary/aromatic N) is 1. The molecule has 1 fully saturated rings. The largest absolute Gasteiger partial charge is 0.496 e. The van der Waals surface area contributed by atoms with E-state index in [2.05, 4.69) is 0 Å². The topological polar surface area (TPSA) is 67.9 Å². The van der Waals surface area contributed by atoms with Crippen molar-refractivity contribution < 1.29 is 58.6 Å². The van der Waals surface area contributed by atoms with Crippen molar-refractivity contribution in [3.8, 4) is 5.75 Å². The van der Waals surface area contributed by atoms with Gasteiger partial charge in [0.25, 0.3) is 5.91 Å². The zero-order valence-electron chi connectivity index (χ0n) is 23.3. The summed E-state index contributed by atoms with van der Waals surface area (Å²) in [5, 5.41) is 1.80. The third kappa shape index (κ3) is 7.41. The summed E-state index contributed by atoms with van der Waals surface area (Å²) in [5.74, 6) is -0.659. The quantitative estimate of drug-likeness (QED) is 0.313. The van der Waals surface area contributed by atoms with Crippen LogP contribution in [0.5, 0.6) is 5.75 Å². The number of carbonyl (C=O) groups is 2. The zero-order chi connectivity index (χ0) is 32.6. The molecule has 2 aromatic rings. The predicted octanol–water partition coefficient (Wildman–Crippen LogP) is 7.93. The van der Waals surface area contributed by atoms with Gasteiger partial charge in [0.2, 0.25) is 0 Å². The molecule has 2 atom stereocenters. The van der Waals surface area contributed by atoms with Crippen LogP contribution in [0.3, 0.4) is 0 Å². The third-order valence-corrected chi connectivity index (χ3v) is 7.51. The van der Waals surface area contributed by atoms with E-state index in [1.807, 2.05) is 0 Å². The smallest absolute Gasteiger partial charge is 0.416 e. The number of benzene rings is 2.